The minimum atomic E-state index is -0.601. The van der Waals surface area contributed by atoms with Crippen molar-refractivity contribution in [2.75, 3.05) is 32.7 Å². The van der Waals surface area contributed by atoms with Crippen LogP contribution in [0.5, 0.6) is 0 Å². The second-order valence-corrected chi connectivity index (χ2v) is 11.0. The predicted octanol–water partition coefficient (Wildman–Crippen LogP) is 3.97. The zero-order valence-electron chi connectivity index (χ0n) is 20.5. The SMILES string of the molecule is CC1(C)CC2(CN(C3CCN(C(=O)c4c5ccccc5cc5ccccc45)CC3)CCN2)C(=O)O1. The molecule has 3 aromatic rings. The molecule has 6 nitrogen and oxygen atoms in total. The van der Waals surface area contributed by atoms with Gasteiger partial charge in [-0.05, 0) is 54.3 Å². The van der Waals surface area contributed by atoms with E-state index in [2.05, 4.69) is 40.5 Å². The van der Waals surface area contributed by atoms with E-state index in [4.69, 9.17) is 4.74 Å². The zero-order chi connectivity index (χ0) is 24.2. The molecule has 3 fully saturated rings. The molecule has 3 aliphatic rings. The number of amides is 1. The Morgan fingerprint density at radius 3 is 2.20 bits per heavy atom. The molecule has 6 heteroatoms. The van der Waals surface area contributed by atoms with Crippen molar-refractivity contribution < 1.29 is 14.3 Å². The highest BCUT2D eigenvalue weighted by Gasteiger charge is 2.55. The van der Waals surface area contributed by atoms with Gasteiger partial charge in [0.25, 0.3) is 5.91 Å². The fourth-order valence-corrected chi connectivity index (χ4v) is 6.51. The van der Waals surface area contributed by atoms with Crippen molar-refractivity contribution in [3.8, 4) is 0 Å². The summed E-state index contributed by atoms with van der Waals surface area (Å²) in [6, 6.07) is 18.9. The molecule has 3 heterocycles. The van der Waals surface area contributed by atoms with Crippen molar-refractivity contribution >= 4 is 33.4 Å². The smallest absolute Gasteiger partial charge is 0.328 e. The van der Waals surface area contributed by atoms with Gasteiger partial charge in [0.15, 0.2) is 0 Å². The molecule has 1 spiro atoms. The minimum absolute atomic E-state index is 0.120. The standard InChI is InChI=1S/C29H33N3O3/c1-28(2)18-29(27(34)35-28)19-32(16-13-30-29)22-11-14-31(15-12-22)26(33)25-23-9-5-3-7-20(23)17-21-8-4-6-10-24(21)25/h3-10,17,22,30H,11-16,18-19H2,1-2H3. The lowest BCUT2D eigenvalue weighted by atomic mass is 9.86. The number of fused-ring (bicyclic) bond motifs is 2. The Kier molecular flexibility index (Phi) is 5.35. The van der Waals surface area contributed by atoms with Crippen LogP contribution in [0.25, 0.3) is 21.5 Å². The predicted molar refractivity (Wildman–Crippen MR) is 137 cm³/mol. The molecular weight excluding hydrogens is 438 g/mol. The van der Waals surface area contributed by atoms with Gasteiger partial charge >= 0.3 is 5.97 Å². The van der Waals surface area contributed by atoms with Gasteiger partial charge in [0.05, 0.1) is 5.56 Å². The van der Waals surface area contributed by atoms with Gasteiger partial charge in [0.1, 0.15) is 11.1 Å². The number of piperidine rings is 1. The van der Waals surface area contributed by atoms with Gasteiger partial charge in [-0.25, -0.2) is 4.79 Å². The van der Waals surface area contributed by atoms with Gasteiger partial charge in [-0.15, -0.1) is 0 Å². The molecule has 0 aromatic heterocycles. The molecule has 1 amide bonds. The molecule has 3 aromatic carbocycles. The average Bonchev–Trinajstić information content (AvgIpc) is 3.08. The third-order valence-corrected chi connectivity index (χ3v) is 8.08. The monoisotopic (exact) mass is 471 g/mol. The topological polar surface area (TPSA) is 61.9 Å². The summed E-state index contributed by atoms with van der Waals surface area (Å²) in [6.45, 7) is 7.82. The molecule has 0 saturated carbocycles. The Balaban J connectivity index is 1.21. The number of esters is 1. The van der Waals surface area contributed by atoms with Gasteiger partial charge in [-0.3, -0.25) is 15.0 Å². The van der Waals surface area contributed by atoms with Crippen LogP contribution >= 0.6 is 0 Å². The molecule has 0 radical (unpaired) electrons. The van der Waals surface area contributed by atoms with E-state index in [0.717, 1.165) is 66.1 Å². The van der Waals surface area contributed by atoms with Crippen molar-refractivity contribution in [2.45, 2.75) is 50.3 Å². The van der Waals surface area contributed by atoms with Gasteiger partial charge in [-0.1, -0.05) is 48.5 Å². The number of piperazine rings is 1. The van der Waals surface area contributed by atoms with Crippen molar-refractivity contribution in [3.05, 3.63) is 60.2 Å². The van der Waals surface area contributed by atoms with Gasteiger partial charge in [0.2, 0.25) is 0 Å². The van der Waals surface area contributed by atoms with Crippen LogP contribution in [-0.4, -0.2) is 71.6 Å². The number of hydrogen-bond acceptors (Lipinski definition) is 5. The fraction of sp³-hybridized carbons (Fsp3) is 0.448. The minimum Gasteiger partial charge on any atom is -0.458 e. The van der Waals surface area contributed by atoms with Crippen LogP contribution in [0.4, 0.5) is 0 Å². The molecule has 182 valence electrons. The second kappa shape index (κ2) is 8.32. The number of carbonyl (C=O) groups is 2. The Hall–Kier alpha value is -2.96. The Labute approximate surface area is 206 Å². The summed E-state index contributed by atoms with van der Waals surface area (Å²) in [5.41, 5.74) is -0.213. The third-order valence-electron chi connectivity index (χ3n) is 8.08. The molecule has 3 aliphatic heterocycles. The number of carbonyl (C=O) groups excluding carboxylic acids is 2. The summed E-state index contributed by atoms with van der Waals surface area (Å²) in [6.07, 6.45) is 2.53. The van der Waals surface area contributed by atoms with Gasteiger partial charge in [0, 0.05) is 45.2 Å². The number of likely N-dealkylation sites (tertiary alicyclic amines) is 1. The molecule has 1 unspecified atom stereocenters. The first-order valence-corrected chi connectivity index (χ1v) is 12.8. The van der Waals surface area contributed by atoms with Crippen LogP contribution < -0.4 is 5.32 Å². The van der Waals surface area contributed by atoms with Crippen LogP contribution in [0.1, 0.15) is 43.5 Å². The first kappa shape index (κ1) is 22.5. The van der Waals surface area contributed by atoms with Crippen molar-refractivity contribution in [2.24, 2.45) is 0 Å². The number of cyclic esters (lactones) is 1. The number of rotatable bonds is 2. The molecule has 0 aliphatic carbocycles. The van der Waals surface area contributed by atoms with E-state index in [1.54, 1.807) is 0 Å². The molecule has 0 bridgehead atoms. The molecule has 6 rings (SSSR count). The van der Waals surface area contributed by atoms with Crippen molar-refractivity contribution in [3.63, 3.8) is 0 Å². The van der Waals surface area contributed by atoms with Crippen LogP contribution in [0.3, 0.4) is 0 Å². The molecule has 1 N–H and O–H groups in total. The summed E-state index contributed by atoms with van der Waals surface area (Å²) in [5.74, 6) is -0.00278. The lowest BCUT2D eigenvalue weighted by Gasteiger charge is -2.45. The van der Waals surface area contributed by atoms with E-state index in [-0.39, 0.29) is 11.9 Å². The van der Waals surface area contributed by atoms with Gasteiger partial charge < -0.3 is 9.64 Å². The Bertz CT molecular complexity index is 1260. The average molecular weight is 472 g/mol. The highest BCUT2D eigenvalue weighted by molar-refractivity contribution is 6.18. The van der Waals surface area contributed by atoms with E-state index >= 15 is 0 Å². The maximum atomic E-state index is 13.9. The third kappa shape index (κ3) is 3.89. The maximum Gasteiger partial charge on any atom is 0.328 e. The van der Waals surface area contributed by atoms with Gasteiger partial charge in [-0.2, -0.15) is 0 Å². The molecule has 3 saturated heterocycles. The first-order chi connectivity index (χ1) is 16.9. The fourth-order valence-electron chi connectivity index (χ4n) is 6.51. The van der Waals surface area contributed by atoms with E-state index in [9.17, 15) is 9.59 Å². The summed E-state index contributed by atoms with van der Waals surface area (Å²) >= 11 is 0. The zero-order valence-corrected chi connectivity index (χ0v) is 20.5. The van der Waals surface area contributed by atoms with Crippen molar-refractivity contribution in [1.82, 2.24) is 15.1 Å². The van der Waals surface area contributed by atoms with E-state index in [0.29, 0.717) is 19.0 Å². The Morgan fingerprint density at radius 2 is 1.60 bits per heavy atom. The van der Waals surface area contributed by atoms with Crippen LogP contribution in [-0.2, 0) is 9.53 Å². The lowest BCUT2D eigenvalue weighted by Crippen LogP contribution is -2.65. The summed E-state index contributed by atoms with van der Waals surface area (Å²) in [4.78, 5) is 31.1. The maximum absolute atomic E-state index is 13.9. The van der Waals surface area contributed by atoms with E-state index < -0.39 is 11.1 Å². The number of nitrogens with zero attached hydrogens (tertiary/aromatic N) is 2. The van der Waals surface area contributed by atoms with Crippen LogP contribution in [0.2, 0.25) is 0 Å². The van der Waals surface area contributed by atoms with Crippen LogP contribution in [0, 0.1) is 0 Å². The number of hydrogen-bond donors (Lipinski definition) is 1. The Morgan fingerprint density at radius 1 is 0.971 bits per heavy atom. The first-order valence-electron chi connectivity index (χ1n) is 12.8. The van der Waals surface area contributed by atoms with Crippen LogP contribution in [0.15, 0.2) is 54.6 Å². The number of benzene rings is 3. The quantitative estimate of drug-likeness (QED) is 0.453. The highest BCUT2D eigenvalue weighted by atomic mass is 16.6. The second-order valence-electron chi connectivity index (χ2n) is 11.0. The van der Waals surface area contributed by atoms with E-state index in [1.165, 1.54) is 0 Å². The summed E-state index contributed by atoms with van der Waals surface area (Å²) in [7, 11) is 0. The number of nitrogens with one attached hydrogen (secondary N) is 1. The molecule has 35 heavy (non-hydrogen) atoms. The number of ether oxygens (including phenoxy) is 1. The molecule has 1 atom stereocenters. The molecular formula is C29H33N3O3. The highest BCUT2D eigenvalue weighted by Crippen LogP contribution is 2.37. The normalized spacial score (nSPS) is 25.4. The summed E-state index contributed by atoms with van der Waals surface area (Å²) < 4.78 is 5.66. The summed E-state index contributed by atoms with van der Waals surface area (Å²) in [5, 5.41) is 7.71. The lowest BCUT2D eigenvalue weighted by molar-refractivity contribution is -0.151. The largest absolute Gasteiger partial charge is 0.458 e. The van der Waals surface area contributed by atoms with E-state index in [1.807, 2.05) is 43.0 Å². The van der Waals surface area contributed by atoms with Crippen molar-refractivity contribution in [1.29, 1.82) is 0 Å².